The number of benzene rings is 1. The van der Waals surface area contributed by atoms with E-state index in [4.69, 9.17) is 0 Å². The summed E-state index contributed by atoms with van der Waals surface area (Å²) in [6.07, 6.45) is -4.63. The quantitative estimate of drug-likeness (QED) is 0.723. The van der Waals surface area contributed by atoms with Gasteiger partial charge in [-0.25, -0.2) is 0 Å². The van der Waals surface area contributed by atoms with Crippen LogP contribution in [0.5, 0.6) is 5.75 Å². The first kappa shape index (κ1) is 11.8. The van der Waals surface area contributed by atoms with Gasteiger partial charge >= 0.3 is 6.36 Å². The molecule has 0 radical (unpaired) electrons. The van der Waals surface area contributed by atoms with Crippen molar-refractivity contribution < 1.29 is 17.9 Å². The third kappa shape index (κ3) is 4.69. The zero-order chi connectivity index (χ0) is 11.5. The van der Waals surface area contributed by atoms with Crippen LogP contribution >= 0.6 is 0 Å². The van der Waals surface area contributed by atoms with E-state index in [0.29, 0.717) is 6.54 Å². The normalized spacial score (nSPS) is 11.9. The monoisotopic (exact) mass is 218 g/mol. The number of ether oxygens (including phenoxy) is 1. The zero-order valence-electron chi connectivity index (χ0n) is 8.21. The summed E-state index contributed by atoms with van der Waals surface area (Å²) in [6, 6.07) is 5.71. The van der Waals surface area contributed by atoms with Crippen molar-refractivity contribution in [2.75, 3.05) is 7.05 Å². The second kappa shape index (κ2) is 4.53. The second-order valence-corrected chi connectivity index (χ2v) is 3.21. The van der Waals surface area contributed by atoms with Gasteiger partial charge in [-0.15, -0.1) is 13.2 Å². The predicted octanol–water partition coefficient (Wildman–Crippen LogP) is 2.81. The van der Waals surface area contributed by atoms with Crippen molar-refractivity contribution in [2.24, 2.45) is 0 Å². The van der Waals surface area contributed by atoms with Gasteiger partial charge in [0.2, 0.25) is 0 Å². The summed E-state index contributed by atoms with van der Waals surface area (Å²) in [6.45, 7) is 0.576. The molecule has 0 fully saturated rings. The zero-order valence-corrected chi connectivity index (χ0v) is 8.21. The van der Waals surface area contributed by atoms with Crippen LogP contribution in [-0.2, 0) is 6.54 Å². The summed E-state index contributed by atoms with van der Waals surface area (Å²) in [5, 5.41) is 0. The first-order chi connectivity index (χ1) is 6.87. The molecule has 0 aliphatic carbocycles. The van der Waals surface area contributed by atoms with Crippen LogP contribution in [0.3, 0.4) is 0 Å². The Morgan fingerprint density at radius 1 is 1.27 bits per heavy atom. The largest absolute Gasteiger partial charge is 0.573 e. The Labute approximate surface area is 86.3 Å². The highest BCUT2D eigenvalue weighted by Gasteiger charge is 2.30. The van der Waals surface area contributed by atoms with Gasteiger partial charge < -0.3 is 9.64 Å². The first-order valence-electron chi connectivity index (χ1n) is 4.23. The summed E-state index contributed by atoms with van der Waals surface area (Å²) >= 11 is 0. The molecule has 0 bridgehead atoms. The summed E-state index contributed by atoms with van der Waals surface area (Å²) in [5.41, 5.74) is 0.877. The Balaban J connectivity index is 2.64. The molecule has 0 aliphatic rings. The Kier molecular flexibility index (Phi) is 3.57. The first-order valence-corrected chi connectivity index (χ1v) is 4.23. The number of hydrogen-bond acceptors (Lipinski definition) is 2. The maximum atomic E-state index is 11.8. The lowest BCUT2D eigenvalue weighted by Gasteiger charge is -2.18. The molecule has 0 saturated carbocycles. The molecule has 0 saturated heterocycles. The number of halogens is 3. The van der Waals surface area contributed by atoms with Crippen molar-refractivity contribution in [1.82, 2.24) is 4.90 Å². The van der Waals surface area contributed by atoms with Crippen LogP contribution in [0.2, 0.25) is 0 Å². The van der Waals surface area contributed by atoms with E-state index in [1.54, 1.807) is 24.1 Å². The smallest absolute Gasteiger partial charge is 0.458 e. The molecule has 1 aromatic carbocycles. The van der Waals surface area contributed by atoms with Crippen molar-refractivity contribution in [1.29, 1.82) is 0 Å². The van der Waals surface area contributed by atoms with Crippen LogP contribution < -0.4 is 4.74 Å². The van der Waals surface area contributed by atoms with Crippen molar-refractivity contribution in [3.05, 3.63) is 36.9 Å². The summed E-state index contributed by atoms with van der Waals surface area (Å²) in [5.74, 6) is -0.210. The summed E-state index contributed by atoms with van der Waals surface area (Å²) < 4.78 is 39.2. The molecule has 1 aromatic rings. The molecular weight excluding hydrogens is 207 g/mol. The van der Waals surface area contributed by atoms with Gasteiger partial charge in [0.25, 0.3) is 0 Å². The highest BCUT2D eigenvalue weighted by atomic mass is 19.4. The fourth-order valence-corrected chi connectivity index (χ4v) is 1.11. The van der Waals surface area contributed by atoms with Crippen LogP contribution in [-0.4, -0.2) is 18.3 Å². The molecule has 0 unspecified atom stereocenters. The molecule has 0 atom stereocenters. The van der Waals surface area contributed by atoms with E-state index in [2.05, 4.69) is 11.8 Å². The van der Waals surface area contributed by atoms with E-state index in [9.17, 15) is 13.2 Å². The lowest BCUT2D eigenvalue weighted by molar-refractivity contribution is -0.274. The highest BCUT2D eigenvalue weighted by molar-refractivity contribution is 5.27. The molecule has 15 heavy (non-hydrogen) atoms. The number of nitrogens with zero attached hydrogens (tertiary/aromatic N) is 1. The van der Waals surface area contributed by atoms with Crippen LogP contribution in [0.25, 0.3) is 0 Å². The average molecular weight is 218 g/mol. The van der Waals surface area contributed by atoms with Crippen molar-refractivity contribution >= 4 is 0 Å². The molecule has 0 N–H and O–H groups in total. The van der Waals surface area contributed by atoms with Crippen molar-refractivity contribution in [3.63, 3.8) is 0 Å². The molecule has 0 aromatic heterocycles. The fraction of sp³-hybridized carbons (Fsp3) is 0.300. The minimum atomic E-state index is -4.63. The lowest BCUT2D eigenvalue weighted by atomic mass is 10.2. The van der Waals surface area contributed by atoms with Gasteiger partial charge in [0, 0.05) is 0 Å². The molecule has 5 heteroatoms. The molecule has 1 rings (SSSR count). The van der Waals surface area contributed by atoms with E-state index in [1.165, 1.54) is 12.1 Å². The maximum Gasteiger partial charge on any atom is 0.573 e. The van der Waals surface area contributed by atoms with E-state index in [1.807, 2.05) is 0 Å². The Bertz CT molecular complexity index is 305. The fourth-order valence-electron chi connectivity index (χ4n) is 1.11. The molecule has 2 nitrogen and oxygen atoms in total. The third-order valence-electron chi connectivity index (χ3n) is 1.61. The van der Waals surface area contributed by atoms with E-state index >= 15 is 0 Å². The molecule has 0 aliphatic heterocycles. The summed E-state index contributed by atoms with van der Waals surface area (Å²) in [4.78, 5) is 1.68. The molecule has 0 spiro atoms. The SMILES string of the molecule is [CH2-]N(C)Cc1ccc(OC(F)(F)F)cc1. The van der Waals surface area contributed by atoms with Crippen LogP contribution in [0.1, 0.15) is 5.56 Å². The van der Waals surface area contributed by atoms with Crippen LogP contribution in [0.15, 0.2) is 24.3 Å². The average Bonchev–Trinajstić information content (AvgIpc) is 2.05. The lowest BCUT2D eigenvalue weighted by Crippen LogP contribution is -2.17. The predicted molar refractivity (Wildman–Crippen MR) is 49.9 cm³/mol. The second-order valence-electron chi connectivity index (χ2n) is 3.21. The van der Waals surface area contributed by atoms with Gasteiger partial charge in [0.15, 0.2) is 0 Å². The Morgan fingerprint density at radius 3 is 2.20 bits per heavy atom. The maximum absolute atomic E-state index is 11.8. The molecule has 0 amide bonds. The number of alkyl halides is 3. The topological polar surface area (TPSA) is 12.5 Å². The van der Waals surface area contributed by atoms with Crippen LogP contribution in [0.4, 0.5) is 13.2 Å². The Hall–Kier alpha value is -1.23. The number of rotatable bonds is 3. The summed E-state index contributed by atoms with van der Waals surface area (Å²) in [7, 11) is 5.42. The number of hydrogen-bond donors (Lipinski definition) is 0. The minimum Gasteiger partial charge on any atom is -0.458 e. The van der Waals surface area contributed by atoms with Gasteiger partial charge in [-0.1, -0.05) is 12.1 Å². The van der Waals surface area contributed by atoms with E-state index in [-0.39, 0.29) is 5.75 Å². The van der Waals surface area contributed by atoms with Crippen molar-refractivity contribution in [3.8, 4) is 5.75 Å². The Morgan fingerprint density at radius 2 is 1.80 bits per heavy atom. The van der Waals surface area contributed by atoms with Crippen LogP contribution in [0, 0.1) is 7.05 Å². The van der Waals surface area contributed by atoms with Gasteiger partial charge in [0.1, 0.15) is 5.75 Å². The molecular formula is C10H11F3NO-. The minimum absolute atomic E-state index is 0.210. The van der Waals surface area contributed by atoms with Gasteiger partial charge in [-0.3, -0.25) is 7.05 Å². The molecule has 84 valence electrons. The standard InChI is InChI=1S/C10H11F3NO/c1-14(2)7-8-3-5-9(6-4-8)15-10(11,12)13/h3-6H,1,7H2,2H3/q-1. The van der Waals surface area contributed by atoms with Crippen molar-refractivity contribution in [2.45, 2.75) is 12.9 Å². The highest BCUT2D eigenvalue weighted by Crippen LogP contribution is 2.22. The third-order valence-corrected chi connectivity index (χ3v) is 1.61. The molecule has 0 heterocycles. The van der Waals surface area contributed by atoms with E-state index in [0.717, 1.165) is 5.56 Å². The van der Waals surface area contributed by atoms with E-state index < -0.39 is 6.36 Å². The van der Waals surface area contributed by atoms with Gasteiger partial charge in [-0.2, -0.15) is 0 Å². The van der Waals surface area contributed by atoms with Gasteiger partial charge in [0.05, 0.1) is 0 Å². The van der Waals surface area contributed by atoms with Gasteiger partial charge in [-0.05, 0) is 31.3 Å².